The number of nitrogens with one attached hydrogen (secondary N) is 1. The summed E-state index contributed by atoms with van der Waals surface area (Å²) in [6.07, 6.45) is 0.240. The second-order valence-electron chi connectivity index (χ2n) is 8.24. The first-order valence-electron chi connectivity index (χ1n) is 11.8. The Morgan fingerprint density at radius 3 is 2.11 bits per heavy atom. The highest BCUT2D eigenvalue weighted by atomic mass is 32.2. The molecule has 1 N–H and O–H groups in total. The van der Waals surface area contributed by atoms with Crippen LogP contribution in [0, 0.1) is 11.6 Å². The van der Waals surface area contributed by atoms with Gasteiger partial charge in [0.2, 0.25) is 11.8 Å². The van der Waals surface area contributed by atoms with Gasteiger partial charge in [0.1, 0.15) is 24.2 Å². The van der Waals surface area contributed by atoms with Gasteiger partial charge in [-0.15, -0.1) is 0 Å². The van der Waals surface area contributed by atoms with Crippen molar-refractivity contribution in [1.29, 1.82) is 0 Å². The summed E-state index contributed by atoms with van der Waals surface area (Å²) in [4.78, 5) is 27.7. The summed E-state index contributed by atoms with van der Waals surface area (Å²) >= 11 is 0. The smallest absolute Gasteiger partial charge is 0.264 e. The Bertz CT molecular complexity index is 1320. The van der Waals surface area contributed by atoms with Crippen LogP contribution in [-0.4, -0.2) is 44.3 Å². The molecule has 0 fully saturated rings. The Morgan fingerprint density at radius 2 is 1.51 bits per heavy atom. The normalized spacial score (nSPS) is 12.0. The molecule has 0 unspecified atom stereocenters. The number of rotatable bonds is 11. The Kier molecular flexibility index (Phi) is 9.35. The van der Waals surface area contributed by atoms with E-state index >= 15 is 0 Å². The minimum Gasteiger partial charge on any atom is -0.355 e. The van der Waals surface area contributed by atoms with E-state index in [0.717, 1.165) is 6.07 Å². The topological polar surface area (TPSA) is 86.8 Å². The molecule has 0 aliphatic heterocycles. The number of carbonyl (C=O) groups excluding carboxylic acids is 2. The molecule has 0 aliphatic carbocycles. The summed E-state index contributed by atoms with van der Waals surface area (Å²) in [6, 6.07) is 17.2. The third-order valence-corrected chi connectivity index (χ3v) is 7.51. The summed E-state index contributed by atoms with van der Waals surface area (Å²) < 4.78 is 56.2. The van der Waals surface area contributed by atoms with Gasteiger partial charge < -0.3 is 10.2 Å². The lowest BCUT2D eigenvalue weighted by molar-refractivity contribution is -0.140. The number of carbonyl (C=O) groups is 2. The Morgan fingerprint density at radius 1 is 0.892 bits per heavy atom. The van der Waals surface area contributed by atoms with Crippen molar-refractivity contribution in [3.8, 4) is 0 Å². The van der Waals surface area contributed by atoms with Gasteiger partial charge in [-0.05, 0) is 55.3 Å². The first-order chi connectivity index (χ1) is 17.7. The van der Waals surface area contributed by atoms with E-state index in [1.165, 1.54) is 71.6 Å². The molecule has 0 saturated carbocycles. The van der Waals surface area contributed by atoms with Crippen molar-refractivity contribution in [3.05, 3.63) is 96.1 Å². The SMILES string of the molecule is CCNC(=O)[C@@H](CC)N(Cc1ccc(F)cc1)C(=O)CN(c1ccccc1F)S(=O)(=O)c1ccccc1. The maximum atomic E-state index is 14.8. The number of nitrogens with zero attached hydrogens (tertiary/aromatic N) is 2. The van der Waals surface area contributed by atoms with Gasteiger partial charge in [-0.1, -0.05) is 49.4 Å². The van der Waals surface area contributed by atoms with Gasteiger partial charge in [-0.2, -0.15) is 0 Å². The van der Waals surface area contributed by atoms with E-state index in [-0.39, 0.29) is 23.5 Å². The lowest BCUT2D eigenvalue weighted by Crippen LogP contribution is -2.52. The lowest BCUT2D eigenvalue weighted by Gasteiger charge is -2.33. The van der Waals surface area contributed by atoms with Gasteiger partial charge in [0.15, 0.2) is 0 Å². The molecule has 0 spiro atoms. The standard InChI is InChI=1S/C27H29F2N3O4S/c1-3-24(27(34)30-4-2)31(18-20-14-16-21(28)17-15-20)26(33)19-32(25-13-9-8-12-23(25)29)37(35,36)22-10-6-5-7-11-22/h5-17,24H,3-4,18-19H2,1-2H3,(H,30,34)/t24-/m1/s1. The first-order valence-corrected chi connectivity index (χ1v) is 13.3. The number of halogens is 2. The van der Waals surface area contributed by atoms with Crippen LogP contribution in [0.4, 0.5) is 14.5 Å². The Labute approximate surface area is 215 Å². The van der Waals surface area contributed by atoms with Gasteiger partial charge in [-0.3, -0.25) is 13.9 Å². The largest absolute Gasteiger partial charge is 0.355 e. The molecule has 196 valence electrons. The zero-order valence-corrected chi connectivity index (χ0v) is 21.4. The van der Waals surface area contributed by atoms with Crippen LogP contribution >= 0.6 is 0 Å². The maximum absolute atomic E-state index is 14.8. The number of benzene rings is 3. The quantitative estimate of drug-likeness (QED) is 0.405. The highest BCUT2D eigenvalue weighted by Crippen LogP contribution is 2.27. The summed E-state index contributed by atoms with van der Waals surface area (Å²) in [5, 5.41) is 2.69. The fourth-order valence-corrected chi connectivity index (χ4v) is 5.33. The van der Waals surface area contributed by atoms with Crippen LogP contribution in [0.1, 0.15) is 25.8 Å². The van der Waals surface area contributed by atoms with Crippen molar-refractivity contribution in [3.63, 3.8) is 0 Å². The third kappa shape index (κ3) is 6.71. The van der Waals surface area contributed by atoms with Crippen LogP contribution in [0.5, 0.6) is 0 Å². The van der Waals surface area contributed by atoms with Crippen molar-refractivity contribution in [2.24, 2.45) is 0 Å². The fourth-order valence-electron chi connectivity index (χ4n) is 3.89. The molecule has 10 heteroatoms. The molecule has 7 nitrogen and oxygen atoms in total. The molecular formula is C27H29F2N3O4S. The van der Waals surface area contributed by atoms with Gasteiger partial charge >= 0.3 is 0 Å². The van der Waals surface area contributed by atoms with Gasteiger partial charge in [0.05, 0.1) is 10.6 Å². The van der Waals surface area contributed by atoms with Crippen LogP contribution in [0.25, 0.3) is 0 Å². The summed E-state index contributed by atoms with van der Waals surface area (Å²) in [5.74, 6) is -2.42. The molecule has 3 aromatic rings. The number of anilines is 1. The molecule has 1 atom stereocenters. The van der Waals surface area contributed by atoms with Crippen molar-refractivity contribution in [2.75, 3.05) is 17.4 Å². The van der Waals surface area contributed by atoms with Crippen LogP contribution in [-0.2, 0) is 26.2 Å². The molecule has 0 aromatic heterocycles. The zero-order valence-electron chi connectivity index (χ0n) is 20.6. The molecule has 2 amide bonds. The average Bonchev–Trinajstić information content (AvgIpc) is 2.89. The molecule has 0 radical (unpaired) electrons. The minimum atomic E-state index is -4.35. The molecular weight excluding hydrogens is 500 g/mol. The monoisotopic (exact) mass is 529 g/mol. The number of sulfonamides is 1. The van der Waals surface area contributed by atoms with Gasteiger partial charge in [-0.25, -0.2) is 17.2 Å². The summed E-state index contributed by atoms with van der Waals surface area (Å²) in [7, 11) is -4.35. The van der Waals surface area contributed by atoms with E-state index in [9.17, 15) is 26.8 Å². The van der Waals surface area contributed by atoms with Crippen LogP contribution in [0.15, 0.2) is 83.8 Å². The van der Waals surface area contributed by atoms with Crippen molar-refractivity contribution >= 4 is 27.5 Å². The predicted octanol–water partition coefficient (Wildman–Crippen LogP) is 4.10. The molecule has 37 heavy (non-hydrogen) atoms. The number of likely N-dealkylation sites (N-methyl/N-ethyl adjacent to an activating group) is 1. The molecule has 3 aromatic carbocycles. The van der Waals surface area contributed by atoms with Crippen LogP contribution < -0.4 is 9.62 Å². The minimum absolute atomic E-state index is 0.0781. The van der Waals surface area contributed by atoms with Crippen LogP contribution in [0.2, 0.25) is 0 Å². The summed E-state index contributed by atoms with van der Waals surface area (Å²) in [5.41, 5.74) is 0.244. The summed E-state index contributed by atoms with van der Waals surface area (Å²) in [6.45, 7) is 2.96. The average molecular weight is 530 g/mol. The highest BCUT2D eigenvalue weighted by molar-refractivity contribution is 7.92. The number of hydrogen-bond donors (Lipinski definition) is 1. The van der Waals surface area contributed by atoms with E-state index < -0.39 is 46.1 Å². The maximum Gasteiger partial charge on any atom is 0.264 e. The predicted molar refractivity (Wildman–Crippen MR) is 137 cm³/mol. The van der Waals surface area contributed by atoms with Crippen LogP contribution in [0.3, 0.4) is 0 Å². The Hall–Kier alpha value is -3.79. The lowest BCUT2D eigenvalue weighted by atomic mass is 10.1. The molecule has 0 saturated heterocycles. The van der Waals surface area contributed by atoms with E-state index in [4.69, 9.17) is 0 Å². The highest BCUT2D eigenvalue weighted by Gasteiger charge is 2.34. The molecule has 0 heterocycles. The Balaban J connectivity index is 2.05. The van der Waals surface area contributed by atoms with Gasteiger partial charge in [0.25, 0.3) is 10.0 Å². The van der Waals surface area contributed by atoms with Crippen molar-refractivity contribution in [2.45, 2.75) is 37.8 Å². The van der Waals surface area contributed by atoms with E-state index in [2.05, 4.69) is 5.32 Å². The molecule has 3 rings (SSSR count). The fraction of sp³-hybridized carbons (Fsp3) is 0.259. The van der Waals surface area contributed by atoms with E-state index in [1.807, 2.05) is 0 Å². The number of para-hydroxylation sites is 1. The second kappa shape index (κ2) is 12.4. The zero-order chi connectivity index (χ0) is 27.0. The number of amides is 2. The molecule has 0 bridgehead atoms. The first kappa shape index (κ1) is 27.8. The van der Waals surface area contributed by atoms with Crippen molar-refractivity contribution in [1.82, 2.24) is 10.2 Å². The number of hydrogen-bond acceptors (Lipinski definition) is 4. The van der Waals surface area contributed by atoms with E-state index in [0.29, 0.717) is 16.4 Å². The molecule has 0 aliphatic rings. The third-order valence-electron chi connectivity index (χ3n) is 5.73. The second-order valence-corrected chi connectivity index (χ2v) is 10.1. The van der Waals surface area contributed by atoms with Gasteiger partial charge in [0, 0.05) is 13.1 Å². The van der Waals surface area contributed by atoms with Crippen molar-refractivity contribution < 1.29 is 26.8 Å². The van der Waals surface area contributed by atoms with E-state index in [1.54, 1.807) is 19.9 Å².